The van der Waals surface area contributed by atoms with Crippen LogP contribution in [0.5, 0.6) is 0 Å². The molecule has 142 valence electrons. The fraction of sp³-hybridized carbons (Fsp3) is 0.353. The molecule has 3 aromatic rings. The van der Waals surface area contributed by atoms with Crippen LogP contribution in [-0.2, 0) is 6.54 Å². The third-order valence-corrected chi connectivity index (χ3v) is 4.22. The molecule has 0 spiro atoms. The number of fused-ring (bicyclic) bond motifs is 1. The average Bonchev–Trinajstić information content (AvgIpc) is 2.94. The van der Waals surface area contributed by atoms with E-state index in [0.717, 1.165) is 48.7 Å². The van der Waals surface area contributed by atoms with Gasteiger partial charge in [-0.25, -0.2) is 9.97 Å². The lowest BCUT2D eigenvalue weighted by Gasteiger charge is -2.24. The van der Waals surface area contributed by atoms with Crippen molar-refractivity contribution in [1.82, 2.24) is 24.8 Å². The van der Waals surface area contributed by atoms with Crippen LogP contribution >= 0.6 is 50.9 Å². The van der Waals surface area contributed by atoms with E-state index in [0.29, 0.717) is 12.6 Å². The molecule has 1 fully saturated rings. The minimum Gasteiger partial charge on any atom is -0.353 e. The lowest BCUT2D eigenvalue weighted by molar-refractivity contribution is 0.475. The van der Waals surface area contributed by atoms with Crippen LogP contribution in [0.25, 0.3) is 11.2 Å². The fourth-order valence-electron chi connectivity index (χ4n) is 3.02. The summed E-state index contributed by atoms with van der Waals surface area (Å²) in [6.45, 7) is 2.77. The number of nitrogens with one attached hydrogen (secondary N) is 2. The zero-order chi connectivity index (χ0) is 15.5. The monoisotopic (exact) mass is 548 g/mol. The predicted molar refractivity (Wildman–Crippen MR) is 121 cm³/mol. The van der Waals surface area contributed by atoms with Gasteiger partial charge in [-0.05, 0) is 50.2 Å². The number of anilines is 1. The zero-order valence-corrected chi connectivity index (χ0v) is 19.3. The summed E-state index contributed by atoms with van der Waals surface area (Å²) in [4.78, 5) is 13.7. The molecule has 26 heavy (non-hydrogen) atoms. The molecule has 0 amide bonds. The van der Waals surface area contributed by atoms with Gasteiger partial charge in [-0.15, -0.1) is 50.9 Å². The molecule has 0 unspecified atom stereocenters. The molecule has 4 heterocycles. The average molecular weight is 551 g/mol. The van der Waals surface area contributed by atoms with Gasteiger partial charge in [-0.1, -0.05) is 6.07 Å². The molecule has 0 saturated carbocycles. The summed E-state index contributed by atoms with van der Waals surface area (Å²) in [5.41, 5.74) is 2.82. The van der Waals surface area contributed by atoms with Crippen molar-refractivity contribution in [2.45, 2.75) is 25.4 Å². The van der Waals surface area contributed by atoms with Gasteiger partial charge >= 0.3 is 0 Å². The Bertz CT molecular complexity index is 790. The first-order valence-corrected chi connectivity index (χ1v) is 8.08. The number of pyridine rings is 2. The van der Waals surface area contributed by atoms with Gasteiger partial charge in [0.25, 0.3) is 0 Å². The first-order valence-electron chi connectivity index (χ1n) is 8.08. The Morgan fingerprint density at radius 2 is 1.77 bits per heavy atom. The highest BCUT2D eigenvalue weighted by Crippen LogP contribution is 2.21. The summed E-state index contributed by atoms with van der Waals surface area (Å²) < 4.78 is 2.12. The van der Waals surface area contributed by atoms with Crippen LogP contribution in [0.1, 0.15) is 18.5 Å². The van der Waals surface area contributed by atoms with Gasteiger partial charge in [0.1, 0.15) is 5.52 Å². The van der Waals surface area contributed by atoms with Crippen LogP contribution in [0.4, 0.5) is 5.95 Å². The molecule has 1 aliphatic rings. The second-order valence-electron chi connectivity index (χ2n) is 5.86. The standard InChI is InChI=1S/C17H20N6.3BrH/c1-2-8-19-14(4-1)12-23-16-15(5-3-9-20-16)22-17(23)21-13-6-10-18-11-7-13;;;/h1-5,8-9,13,18H,6-7,10-12H2,(H,21,22);3*1H. The number of aromatic nitrogens is 4. The molecule has 0 aromatic carbocycles. The largest absolute Gasteiger partial charge is 0.353 e. The second kappa shape index (κ2) is 11.0. The molecule has 6 nitrogen and oxygen atoms in total. The van der Waals surface area contributed by atoms with Crippen LogP contribution in [0.15, 0.2) is 42.7 Å². The first-order chi connectivity index (χ1) is 11.4. The van der Waals surface area contributed by atoms with Crippen molar-refractivity contribution in [2.75, 3.05) is 18.4 Å². The molecule has 0 atom stereocenters. The van der Waals surface area contributed by atoms with Crippen molar-refractivity contribution in [3.63, 3.8) is 0 Å². The summed E-state index contributed by atoms with van der Waals surface area (Å²) in [6, 6.07) is 10.4. The highest BCUT2D eigenvalue weighted by Gasteiger charge is 2.18. The molecular formula is C17H23Br3N6. The molecule has 1 aliphatic heterocycles. The highest BCUT2D eigenvalue weighted by atomic mass is 79.9. The highest BCUT2D eigenvalue weighted by molar-refractivity contribution is 8.93. The number of hydrogen-bond acceptors (Lipinski definition) is 5. The van der Waals surface area contributed by atoms with E-state index in [2.05, 4.69) is 25.2 Å². The molecular weight excluding hydrogens is 528 g/mol. The molecule has 0 radical (unpaired) electrons. The van der Waals surface area contributed by atoms with E-state index in [-0.39, 0.29) is 50.9 Å². The van der Waals surface area contributed by atoms with E-state index >= 15 is 0 Å². The predicted octanol–water partition coefficient (Wildman–Crippen LogP) is 3.77. The number of imidazole rings is 1. The number of halogens is 3. The minimum atomic E-state index is 0. The Labute approximate surface area is 184 Å². The Hall–Kier alpha value is -1.03. The van der Waals surface area contributed by atoms with E-state index in [4.69, 9.17) is 4.98 Å². The van der Waals surface area contributed by atoms with Crippen molar-refractivity contribution >= 4 is 68.1 Å². The Morgan fingerprint density at radius 1 is 1.00 bits per heavy atom. The van der Waals surface area contributed by atoms with Crippen LogP contribution in [0.3, 0.4) is 0 Å². The zero-order valence-electron chi connectivity index (χ0n) is 14.2. The van der Waals surface area contributed by atoms with E-state index in [9.17, 15) is 0 Å². The van der Waals surface area contributed by atoms with E-state index in [1.165, 1.54) is 0 Å². The number of piperidine rings is 1. The van der Waals surface area contributed by atoms with Gasteiger partial charge in [0.05, 0.1) is 12.2 Å². The van der Waals surface area contributed by atoms with Crippen LogP contribution in [0.2, 0.25) is 0 Å². The van der Waals surface area contributed by atoms with E-state index < -0.39 is 0 Å². The van der Waals surface area contributed by atoms with Gasteiger partial charge in [0, 0.05) is 18.4 Å². The van der Waals surface area contributed by atoms with E-state index in [1.807, 2.05) is 42.7 Å². The third-order valence-electron chi connectivity index (χ3n) is 4.22. The third kappa shape index (κ3) is 5.25. The van der Waals surface area contributed by atoms with Gasteiger partial charge in [-0.2, -0.15) is 0 Å². The van der Waals surface area contributed by atoms with Crippen LogP contribution in [-0.4, -0.2) is 38.7 Å². The van der Waals surface area contributed by atoms with Crippen molar-refractivity contribution in [2.24, 2.45) is 0 Å². The Balaban J connectivity index is 0.00000113. The maximum absolute atomic E-state index is 4.74. The smallest absolute Gasteiger partial charge is 0.205 e. The van der Waals surface area contributed by atoms with E-state index in [1.54, 1.807) is 0 Å². The Morgan fingerprint density at radius 3 is 2.50 bits per heavy atom. The lowest BCUT2D eigenvalue weighted by Crippen LogP contribution is -2.36. The topological polar surface area (TPSA) is 67.7 Å². The van der Waals surface area contributed by atoms with Crippen molar-refractivity contribution in [3.8, 4) is 0 Å². The van der Waals surface area contributed by atoms with Gasteiger partial charge in [-0.3, -0.25) is 9.55 Å². The summed E-state index contributed by atoms with van der Waals surface area (Å²) in [6.07, 6.45) is 5.86. The number of nitrogens with zero attached hydrogens (tertiary/aromatic N) is 4. The minimum absolute atomic E-state index is 0. The summed E-state index contributed by atoms with van der Waals surface area (Å²) in [5.74, 6) is 0.885. The van der Waals surface area contributed by atoms with Crippen LogP contribution in [0, 0.1) is 0 Å². The molecule has 9 heteroatoms. The molecule has 4 rings (SSSR count). The maximum Gasteiger partial charge on any atom is 0.205 e. The fourth-order valence-corrected chi connectivity index (χ4v) is 3.02. The second-order valence-corrected chi connectivity index (χ2v) is 5.86. The molecule has 0 bridgehead atoms. The molecule has 0 aliphatic carbocycles. The summed E-state index contributed by atoms with van der Waals surface area (Å²) in [5, 5.41) is 7.00. The first kappa shape index (κ1) is 23.0. The van der Waals surface area contributed by atoms with Crippen molar-refractivity contribution in [3.05, 3.63) is 48.4 Å². The maximum atomic E-state index is 4.74. The van der Waals surface area contributed by atoms with Gasteiger partial charge in [0.2, 0.25) is 5.95 Å². The molecule has 1 saturated heterocycles. The summed E-state index contributed by atoms with van der Waals surface area (Å²) >= 11 is 0. The lowest BCUT2D eigenvalue weighted by atomic mass is 10.1. The Kier molecular flexibility index (Phi) is 9.70. The van der Waals surface area contributed by atoms with Crippen LogP contribution < -0.4 is 10.6 Å². The van der Waals surface area contributed by atoms with Gasteiger partial charge < -0.3 is 10.6 Å². The normalized spacial score (nSPS) is 14.0. The van der Waals surface area contributed by atoms with Crippen molar-refractivity contribution in [1.29, 1.82) is 0 Å². The molecule has 2 N–H and O–H groups in total. The molecule has 3 aromatic heterocycles. The quantitative estimate of drug-likeness (QED) is 0.518. The number of rotatable bonds is 4. The van der Waals surface area contributed by atoms with Crippen molar-refractivity contribution < 1.29 is 0 Å². The SMILES string of the molecule is Br.Br.Br.c1ccc(Cn2c(NC3CCNCC3)nc3cccnc32)nc1. The summed E-state index contributed by atoms with van der Waals surface area (Å²) in [7, 11) is 0. The number of hydrogen-bond donors (Lipinski definition) is 2. The van der Waals surface area contributed by atoms with Gasteiger partial charge in [0.15, 0.2) is 5.65 Å².